The molecule has 10 nitrogen and oxygen atoms in total. The first-order valence-electron chi connectivity index (χ1n) is 10.8. The molecule has 1 aromatic carbocycles. The standard InChI is InChI=1S/C21H25ClN6O4S/c22-21-24-18(26-27-8-6-13(7-9-27)33-12-4-2-1-3-5-12)15-19(25-21)28(11-23-15)20-17(31)16(30)14(10-29)32-20/h1-5,11,13-14,16-17,20,29-31H,6-10H2,(H,24,25,26)/t14-,16?,17?,20-/m1/s1. The van der Waals surface area contributed by atoms with E-state index in [9.17, 15) is 15.3 Å². The Morgan fingerprint density at radius 2 is 1.88 bits per heavy atom. The van der Waals surface area contributed by atoms with Crippen LogP contribution in [0.5, 0.6) is 0 Å². The molecule has 0 saturated carbocycles. The van der Waals surface area contributed by atoms with Crippen molar-refractivity contribution in [3.8, 4) is 0 Å². The zero-order valence-electron chi connectivity index (χ0n) is 17.7. The number of nitrogens with one attached hydrogen (secondary N) is 1. The smallest absolute Gasteiger partial charge is 0.226 e. The van der Waals surface area contributed by atoms with E-state index in [1.807, 2.05) is 17.8 Å². The first kappa shape index (κ1) is 22.8. The molecule has 2 fully saturated rings. The van der Waals surface area contributed by atoms with Gasteiger partial charge in [-0.2, -0.15) is 9.97 Å². The number of halogens is 1. The Labute approximate surface area is 199 Å². The van der Waals surface area contributed by atoms with Crippen molar-refractivity contribution in [2.45, 2.75) is 47.5 Å². The summed E-state index contributed by atoms with van der Waals surface area (Å²) in [5.74, 6) is 0.463. The number of hydrogen-bond donors (Lipinski definition) is 4. The SMILES string of the molecule is OC[C@H]1O[C@@H](n2cnc3c(NN4CCC(Sc5ccccc5)CC4)nc(Cl)nc32)C(O)C1O. The Hall–Kier alpha value is -1.99. The summed E-state index contributed by atoms with van der Waals surface area (Å²) in [6.07, 6.45) is -0.812. The average Bonchev–Trinajstić information content (AvgIpc) is 3.36. The Morgan fingerprint density at radius 1 is 1.12 bits per heavy atom. The van der Waals surface area contributed by atoms with Crippen LogP contribution in [0.25, 0.3) is 11.2 Å². The molecular formula is C21H25ClN6O4S. The van der Waals surface area contributed by atoms with Crippen LogP contribution in [-0.4, -0.2) is 83.1 Å². The number of aliphatic hydroxyl groups is 3. The summed E-state index contributed by atoms with van der Waals surface area (Å²) in [4.78, 5) is 14.3. The topological polar surface area (TPSA) is 129 Å². The molecule has 3 aromatic rings. The van der Waals surface area contributed by atoms with E-state index in [1.54, 1.807) is 0 Å². The Morgan fingerprint density at radius 3 is 2.58 bits per heavy atom. The molecule has 2 aliphatic heterocycles. The fourth-order valence-corrected chi connectivity index (χ4v) is 5.50. The van der Waals surface area contributed by atoms with Crippen LogP contribution in [0.15, 0.2) is 41.6 Å². The lowest BCUT2D eigenvalue weighted by Gasteiger charge is -2.32. The third-order valence-electron chi connectivity index (χ3n) is 5.94. The van der Waals surface area contributed by atoms with Crippen molar-refractivity contribution in [2.24, 2.45) is 0 Å². The summed E-state index contributed by atoms with van der Waals surface area (Å²) in [7, 11) is 0. The Bertz CT molecular complexity index is 1100. The van der Waals surface area contributed by atoms with Crippen LogP contribution in [-0.2, 0) is 4.74 Å². The number of rotatable bonds is 6. The van der Waals surface area contributed by atoms with Gasteiger partial charge in [0.15, 0.2) is 23.2 Å². The maximum atomic E-state index is 10.4. The molecule has 4 N–H and O–H groups in total. The van der Waals surface area contributed by atoms with Crippen LogP contribution in [0.2, 0.25) is 5.28 Å². The normalized spacial score (nSPS) is 26.8. The molecule has 2 aliphatic rings. The molecule has 4 heterocycles. The number of hydrogen-bond acceptors (Lipinski definition) is 10. The largest absolute Gasteiger partial charge is 0.394 e. The van der Waals surface area contributed by atoms with Crippen molar-refractivity contribution < 1.29 is 20.1 Å². The Kier molecular flexibility index (Phi) is 6.70. The van der Waals surface area contributed by atoms with E-state index in [0.717, 1.165) is 25.9 Å². The number of aromatic nitrogens is 4. The number of benzene rings is 1. The molecule has 0 amide bonds. The highest BCUT2D eigenvalue weighted by Crippen LogP contribution is 2.34. The van der Waals surface area contributed by atoms with Crippen LogP contribution in [0.1, 0.15) is 19.1 Å². The van der Waals surface area contributed by atoms with Gasteiger partial charge in [-0.15, -0.1) is 11.8 Å². The molecule has 4 atom stereocenters. The average molecular weight is 493 g/mol. The zero-order valence-corrected chi connectivity index (χ0v) is 19.2. The number of ether oxygens (including phenoxy) is 1. The monoisotopic (exact) mass is 492 g/mol. The van der Waals surface area contributed by atoms with Crippen LogP contribution in [0.4, 0.5) is 5.82 Å². The summed E-state index contributed by atoms with van der Waals surface area (Å²) < 4.78 is 7.11. The van der Waals surface area contributed by atoms with Crippen molar-refractivity contribution >= 4 is 40.3 Å². The number of anilines is 1. The van der Waals surface area contributed by atoms with E-state index in [-0.39, 0.29) is 5.28 Å². The van der Waals surface area contributed by atoms with Crippen molar-refractivity contribution in [3.05, 3.63) is 41.9 Å². The van der Waals surface area contributed by atoms with Gasteiger partial charge in [0.25, 0.3) is 0 Å². The minimum Gasteiger partial charge on any atom is -0.394 e. The second-order valence-corrected chi connectivity index (χ2v) is 9.84. The lowest BCUT2D eigenvalue weighted by atomic mass is 10.1. The van der Waals surface area contributed by atoms with Crippen molar-refractivity contribution in [3.63, 3.8) is 0 Å². The second-order valence-electron chi connectivity index (χ2n) is 8.12. The molecule has 2 saturated heterocycles. The number of piperidine rings is 1. The van der Waals surface area contributed by atoms with E-state index < -0.39 is 31.1 Å². The highest BCUT2D eigenvalue weighted by molar-refractivity contribution is 8.00. The van der Waals surface area contributed by atoms with Crippen molar-refractivity contribution in [1.82, 2.24) is 24.5 Å². The summed E-state index contributed by atoms with van der Waals surface area (Å²) in [6, 6.07) is 10.4. The van der Waals surface area contributed by atoms with Gasteiger partial charge in [0.05, 0.1) is 12.9 Å². The van der Waals surface area contributed by atoms with Gasteiger partial charge in [0.2, 0.25) is 5.28 Å². The van der Waals surface area contributed by atoms with Gasteiger partial charge in [0.1, 0.15) is 18.3 Å². The molecule has 5 rings (SSSR count). The minimum absolute atomic E-state index is 0.0213. The van der Waals surface area contributed by atoms with E-state index in [2.05, 4.69) is 49.7 Å². The first-order chi connectivity index (χ1) is 16.0. The third-order valence-corrected chi connectivity index (χ3v) is 7.46. The fraction of sp³-hybridized carbons (Fsp3) is 0.476. The summed E-state index contributed by atoms with van der Waals surface area (Å²) in [5.41, 5.74) is 4.15. The van der Waals surface area contributed by atoms with Crippen molar-refractivity contribution in [1.29, 1.82) is 0 Å². The predicted molar refractivity (Wildman–Crippen MR) is 124 cm³/mol. The van der Waals surface area contributed by atoms with Crippen LogP contribution >= 0.6 is 23.4 Å². The quantitative estimate of drug-likeness (QED) is 0.377. The van der Waals surface area contributed by atoms with Crippen molar-refractivity contribution in [2.75, 3.05) is 25.1 Å². The van der Waals surface area contributed by atoms with Gasteiger partial charge in [-0.3, -0.25) is 4.57 Å². The lowest BCUT2D eigenvalue weighted by molar-refractivity contribution is -0.0511. The first-order valence-corrected chi connectivity index (χ1v) is 12.0. The van der Waals surface area contributed by atoms with Gasteiger partial charge in [-0.05, 0) is 36.6 Å². The van der Waals surface area contributed by atoms with Crippen LogP contribution in [0, 0.1) is 0 Å². The highest BCUT2D eigenvalue weighted by atomic mass is 35.5. The van der Waals surface area contributed by atoms with Gasteiger partial charge < -0.3 is 25.5 Å². The lowest BCUT2D eigenvalue weighted by Crippen LogP contribution is -2.39. The van der Waals surface area contributed by atoms with Crippen LogP contribution in [0.3, 0.4) is 0 Å². The number of thioether (sulfide) groups is 1. The molecule has 0 radical (unpaired) electrons. The van der Waals surface area contributed by atoms with Gasteiger partial charge in [0, 0.05) is 23.2 Å². The molecule has 0 spiro atoms. The van der Waals surface area contributed by atoms with Crippen LogP contribution < -0.4 is 5.43 Å². The number of aliphatic hydroxyl groups excluding tert-OH is 3. The molecule has 12 heteroatoms. The number of fused-ring (bicyclic) bond motifs is 1. The minimum atomic E-state index is -1.24. The van der Waals surface area contributed by atoms with Gasteiger partial charge >= 0.3 is 0 Å². The second kappa shape index (κ2) is 9.71. The molecule has 33 heavy (non-hydrogen) atoms. The fourth-order valence-electron chi connectivity index (χ4n) is 4.19. The number of imidazole rings is 1. The zero-order chi connectivity index (χ0) is 22.9. The maximum absolute atomic E-state index is 10.4. The number of nitrogens with zero attached hydrogens (tertiary/aromatic N) is 5. The Balaban J connectivity index is 1.30. The highest BCUT2D eigenvalue weighted by Gasteiger charge is 2.44. The summed E-state index contributed by atoms with van der Waals surface area (Å²) in [5, 5.41) is 32.5. The molecule has 2 unspecified atom stereocenters. The predicted octanol–water partition coefficient (Wildman–Crippen LogP) is 1.67. The van der Waals surface area contributed by atoms with E-state index >= 15 is 0 Å². The van der Waals surface area contributed by atoms with E-state index in [0.29, 0.717) is 22.2 Å². The molecule has 176 valence electrons. The molecular weight excluding hydrogens is 468 g/mol. The summed E-state index contributed by atoms with van der Waals surface area (Å²) >= 11 is 8.10. The van der Waals surface area contributed by atoms with E-state index in [1.165, 1.54) is 15.8 Å². The van der Waals surface area contributed by atoms with Gasteiger partial charge in [-0.1, -0.05) is 18.2 Å². The van der Waals surface area contributed by atoms with Gasteiger partial charge in [-0.25, -0.2) is 9.99 Å². The summed E-state index contributed by atoms with van der Waals surface area (Å²) in [6.45, 7) is 1.26. The third kappa shape index (κ3) is 4.67. The molecule has 0 aliphatic carbocycles. The van der Waals surface area contributed by atoms with E-state index in [4.69, 9.17) is 16.3 Å². The molecule has 0 bridgehead atoms. The molecule has 2 aromatic heterocycles. The number of hydrazine groups is 1. The maximum Gasteiger partial charge on any atom is 0.226 e.